The van der Waals surface area contributed by atoms with Gasteiger partial charge in [0.2, 0.25) is 5.91 Å². The van der Waals surface area contributed by atoms with E-state index in [0.717, 1.165) is 11.1 Å². The fourth-order valence-corrected chi connectivity index (χ4v) is 3.83. The number of likely N-dealkylation sites (tertiary alicyclic amines) is 1. The van der Waals surface area contributed by atoms with E-state index in [0.29, 0.717) is 55.8 Å². The molecule has 9 nitrogen and oxygen atoms in total. The number of aromatic nitrogens is 4. The van der Waals surface area contributed by atoms with E-state index in [2.05, 4.69) is 20.4 Å². The van der Waals surface area contributed by atoms with Gasteiger partial charge in [-0.2, -0.15) is 5.10 Å². The number of rotatable bonds is 6. The summed E-state index contributed by atoms with van der Waals surface area (Å²) in [4.78, 5) is 26.5. The molecule has 0 bridgehead atoms. The average Bonchev–Trinajstić information content (AvgIpc) is 3.34. The van der Waals surface area contributed by atoms with Gasteiger partial charge in [0.1, 0.15) is 11.4 Å². The van der Waals surface area contributed by atoms with Crippen LogP contribution in [0.5, 0.6) is 5.75 Å². The molecule has 31 heavy (non-hydrogen) atoms. The van der Waals surface area contributed by atoms with Crippen molar-refractivity contribution in [1.82, 2.24) is 25.3 Å². The molecule has 160 valence electrons. The minimum atomic E-state index is -0.176. The van der Waals surface area contributed by atoms with E-state index in [9.17, 15) is 14.7 Å². The third kappa shape index (κ3) is 4.46. The van der Waals surface area contributed by atoms with Gasteiger partial charge in [-0.05, 0) is 42.7 Å². The predicted octanol–water partition coefficient (Wildman–Crippen LogP) is 2.01. The number of phenols is 1. The number of benzene rings is 1. The number of nitrogens with one attached hydrogen (secondary N) is 1. The monoisotopic (exact) mass is 420 g/mol. The Bertz CT molecular complexity index is 1060. The van der Waals surface area contributed by atoms with Crippen molar-refractivity contribution in [2.24, 2.45) is 11.7 Å². The molecule has 2 aromatic heterocycles. The molecule has 1 amide bonds. The summed E-state index contributed by atoms with van der Waals surface area (Å²) < 4.78 is 0. The zero-order valence-electron chi connectivity index (χ0n) is 17.0. The van der Waals surface area contributed by atoms with Crippen molar-refractivity contribution >= 4 is 11.7 Å². The molecule has 1 aromatic carbocycles. The van der Waals surface area contributed by atoms with Crippen molar-refractivity contribution in [2.45, 2.75) is 19.3 Å². The number of phenolic OH excluding ortho intramolecular Hbond substituents is 1. The molecule has 0 radical (unpaired) electrons. The highest BCUT2D eigenvalue weighted by molar-refractivity contribution is 5.96. The maximum atomic E-state index is 12.8. The van der Waals surface area contributed by atoms with Crippen molar-refractivity contribution in [3.05, 3.63) is 48.4 Å². The summed E-state index contributed by atoms with van der Waals surface area (Å²) in [7, 11) is 0. The third-order valence-electron chi connectivity index (χ3n) is 5.60. The number of aromatic amines is 1. The first kappa shape index (κ1) is 20.7. The number of piperidine rings is 1. The molecule has 0 unspecified atom stereocenters. The molecule has 0 atom stereocenters. The van der Waals surface area contributed by atoms with Gasteiger partial charge in [-0.25, -0.2) is 0 Å². The van der Waals surface area contributed by atoms with E-state index < -0.39 is 0 Å². The highest BCUT2D eigenvalue weighted by Crippen LogP contribution is 2.32. The summed E-state index contributed by atoms with van der Waals surface area (Å²) in [5.74, 6) is -0.132. The van der Waals surface area contributed by atoms with Gasteiger partial charge in [-0.1, -0.05) is 6.07 Å². The van der Waals surface area contributed by atoms with Crippen LogP contribution in [0.2, 0.25) is 0 Å². The number of amides is 1. The lowest BCUT2D eigenvalue weighted by Gasteiger charge is -2.31. The maximum absolute atomic E-state index is 12.8. The second kappa shape index (κ2) is 9.05. The summed E-state index contributed by atoms with van der Waals surface area (Å²) in [6.07, 6.45) is 4.96. The lowest BCUT2D eigenvalue weighted by molar-refractivity contribution is -0.132. The van der Waals surface area contributed by atoms with E-state index in [1.165, 1.54) is 0 Å². The second-order valence-corrected chi connectivity index (χ2v) is 7.58. The summed E-state index contributed by atoms with van der Waals surface area (Å²) >= 11 is 0. The van der Waals surface area contributed by atoms with Gasteiger partial charge in [-0.15, -0.1) is 10.2 Å². The summed E-state index contributed by atoms with van der Waals surface area (Å²) in [6, 6.07) is 8.59. The lowest BCUT2D eigenvalue weighted by atomic mass is 9.90. The number of nitrogens with zero attached hydrogens (tertiary/aromatic N) is 4. The molecule has 3 heterocycles. The standard InChI is InChI=1S/C22H24N6O3/c23-8-5-21(30)28-9-6-14(7-10-28)22(31)19-4-3-18(26-27-19)17-2-1-15(11-20(17)29)16-12-24-25-13-16/h1-4,11-14,29H,5-10,23H2,(H,24,25). The van der Waals surface area contributed by atoms with Crippen LogP contribution in [-0.2, 0) is 4.79 Å². The van der Waals surface area contributed by atoms with Crippen molar-refractivity contribution in [3.63, 3.8) is 0 Å². The van der Waals surface area contributed by atoms with Crippen LogP contribution in [0.4, 0.5) is 0 Å². The van der Waals surface area contributed by atoms with Crippen molar-refractivity contribution < 1.29 is 14.7 Å². The molecule has 4 rings (SSSR count). The van der Waals surface area contributed by atoms with E-state index >= 15 is 0 Å². The first-order chi connectivity index (χ1) is 15.1. The fourth-order valence-electron chi connectivity index (χ4n) is 3.83. The number of hydrogen-bond acceptors (Lipinski definition) is 7. The van der Waals surface area contributed by atoms with Crippen molar-refractivity contribution in [3.8, 4) is 28.1 Å². The SMILES string of the molecule is NCCC(=O)N1CCC(C(=O)c2ccc(-c3ccc(-c4cn[nH]c4)cc3O)nn2)CC1. The van der Waals surface area contributed by atoms with Crippen LogP contribution >= 0.6 is 0 Å². The largest absolute Gasteiger partial charge is 0.507 e. The highest BCUT2D eigenvalue weighted by atomic mass is 16.3. The van der Waals surface area contributed by atoms with Crippen LogP contribution in [0.1, 0.15) is 29.8 Å². The number of Topliss-reactive ketones (excluding diaryl/α,β-unsaturated/α-hetero) is 1. The van der Waals surface area contributed by atoms with Gasteiger partial charge < -0.3 is 15.7 Å². The highest BCUT2D eigenvalue weighted by Gasteiger charge is 2.28. The fraction of sp³-hybridized carbons (Fsp3) is 0.318. The van der Waals surface area contributed by atoms with Crippen LogP contribution in [0.3, 0.4) is 0 Å². The number of H-pyrrole nitrogens is 1. The zero-order valence-corrected chi connectivity index (χ0v) is 17.0. The minimum absolute atomic E-state index is 0.0381. The van der Waals surface area contributed by atoms with Gasteiger partial charge in [-0.3, -0.25) is 14.7 Å². The Kier molecular flexibility index (Phi) is 6.03. The molecule has 0 aliphatic carbocycles. The normalized spacial score (nSPS) is 14.5. The van der Waals surface area contributed by atoms with Gasteiger partial charge in [0.05, 0.1) is 11.9 Å². The Morgan fingerprint density at radius 3 is 2.55 bits per heavy atom. The van der Waals surface area contributed by atoms with E-state index in [-0.39, 0.29) is 23.4 Å². The first-order valence-electron chi connectivity index (χ1n) is 10.2. The molecular formula is C22H24N6O3. The van der Waals surface area contributed by atoms with Crippen LogP contribution in [0.15, 0.2) is 42.7 Å². The number of carbonyl (C=O) groups is 2. The molecular weight excluding hydrogens is 396 g/mol. The maximum Gasteiger partial charge on any atom is 0.223 e. The zero-order chi connectivity index (χ0) is 21.8. The van der Waals surface area contributed by atoms with Gasteiger partial charge in [0.25, 0.3) is 0 Å². The molecule has 3 aromatic rings. The quantitative estimate of drug-likeness (QED) is 0.519. The molecule has 4 N–H and O–H groups in total. The molecule has 1 aliphatic rings. The van der Waals surface area contributed by atoms with Crippen molar-refractivity contribution in [1.29, 1.82) is 0 Å². The van der Waals surface area contributed by atoms with E-state index in [4.69, 9.17) is 5.73 Å². The summed E-state index contributed by atoms with van der Waals surface area (Å²) in [6.45, 7) is 1.44. The van der Waals surface area contributed by atoms with E-state index in [1.54, 1.807) is 41.6 Å². The van der Waals surface area contributed by atoms with Crippen LogP contribution in [0, 0.1) is 5.92 Å². The summed E-state index contributed by atoms with van der Waals surface area (Å²) in [5, 5.41) is 25.3. The van der Waals surface area contributed by atoms with Crippen LogP contribution in [-0.4, -0.2) is 61.7 Å². The lowest BCUT2D eigenvalue weighted by Crippen LogP contribution is -2.41. The van der Waals surface area contributed by atoms with E-state index in [1.807, 2.05) is 6.07 Å². The topological polar surface area (TPSA) is 138 Å². The van der Waals surface area contributed by atoms with Crippen molar-refractivity contribution in [2.75, 3.05) is 19.6 Å². The number of aromatic hydroxyl groups is 1. The molecule has 9 heteroatoms. The molecule has 0 spiro atoms. The second-order valence-electron chi connectivity index (χ2n) is 7.58. The Balaban J connectivity index is 1.43. The molecule has 1 fully saturated rings. The molecule has 1 saturated heterocycles. The van der Waals surface area contributed by atoms with Gasteiger partial charge in [0, 0.05) is 49.3 Å². The number of nitrogens with two attached hydrogens (primary N) is 1. The third-order valence-corrected chi connectivity index (χ3v) is 5.60. The number of ketones is 1. The van der Waals surface area contributed by atoms with Gasteiger partial charge >= 0.3 is 0 Å². The Morgan fingerprint density at radius 2 is 1.94 bits per heavy atom. The Hall–Kier alpha value is -3.59. The average molecular weight is 420 g/mol. The number of hydrogen-bond donors (Lipinski definition) is 3. The summed E-state index contributed by atoms with van der Waals surface area (Å²) in [5.41, 5.74) is 8.45. The Labute approximate surface area is 179 Å². The van der Waals surface area contributed by atoms with Crippen LogP contribution < -0.4 is 5.73 Å². The molecule has 0 saturated carbocycles. The minimum Gasteiger partial charge on any atom is -0.507 e. The van der Waals surface area contributed by atoms with Gasteiger partial charge in [0.15, 0.2) is 5.78 Å². The smallest absolute Gasteiger partial charge is 0.223 e. The number of carbonyl (C=O) groups excluding carboxylic acids is 2. The predicted molar refractivity (Wildman–Crippen MR) is 114 cm³/mol. The Morgan fingerprint density at radius 1 is 1.13 bits per heavy atom. The first-order valence-corrected chi connectivity index (χ1v) is 10.2. The van der Waals surface area contributed by atoms with Crippen LogP contribution in [0.25, 0.3) is 22.4 Å². The molecule has 1 aliphatic heterocycles.